The van der Waals surface area contributed by atoms with E-state index in [1.807, 2.05) is 18.2 Å². The van der Waals surface area contributed by atoms with E-state index in [0.29, 0.717) is 42.7 Å². The molecule has 0 atom stereocenters. The lowest BCUT2D eigenvalue weighted by molar-refractivity contribution is 0.100. The first kappa shape index (κ1) is 25.0. The molecule has 186 valence electrons. The number of ether oxygens (including phenoxy) is 1. The number of benzene rings is 2. The zero-order valence-electron chi connectivity index (χ0n) is 19.7. The van der Waals surface area contributed by atoms with Crippen LogP contribution >= 0.6 is 0 Å². The van der Waals surface area contributed by atoms with Crippen molar-refractivity contribution in [3.05, 3.63) is 81.1 Å². The maximum absolute atomic E-state index is 13.4. The molecule has 1 saturated heterocycles. The second-order valence-corrected chi connectivity index (χ2v) is 8.94. The molecular weight excluding hydrogens is 454 g/mol. The highest BCUT2D eigenvalue weighted by molar-refractivity contribution is 6.05. The van der Waals surface area contributed by atoms with E-state index in [1.165, 1.54) is 12.1 Å². The molecule has 0 bridgehead atoms. The number of carbonyl (C=O) groups is 1. The Morgan fingerprint density at radius 3 is 2.49 bits per heavy atom. The molecule has 0 aliphatic carbocycles. The Bertz CT molecular complexity index is 1270. The van der Waals surface area contributed by atoms with E-state index in [0.717, 1.165) is 37.6 Å². The van der Waals surface area contributed by atoms with Gasteiger partial charge in [-0.1, -0.05) is 18.2 Å². The number of amides is 1. The fourth-order valence-electron chi connectivity index (χ4n) is 4.63. The Morgan fingerprint density at radius 1 is 1.06 bits per heavy atom. The number of primary amides is 1. The number of rotatable bonds is 9. The van der Waals surface area contributed by atoms with Gasteiger partial charge in [0.05, 0.1) is 17.7 Å². The van der Waals surface area contributed by atoms with Crippen molar-refractivity contribution in [2.24, 2.45) is 5.73 Å². The molecule has 0 radical (unpaired) electrons. The molecule has 2 heterocycles. The minimum atomic E-state index is -0.840. The van der Waals surface area contributed by atoms with E-state index in [-0.39, 0.29) is 17.2 Å². The molecule has 0 unspecified atom stereocenters. The number of hydrogen-bond donors (Lipinski definition) is 2. The standard InChI is InChI=1S/C26H30F2N4O3/c1-35-16-18-2-4-20-21(26(29)34)14-25(33)32(24(20)13-18)11-10-31-8-6-19(7-9-31)30-15-17-3-5-22(27)23(28)12-17/h2-5,12-14,19,30H,6-11,15-16H2,1H3,(H2,29,34). The maximum atomic E-state index is 13.4. The Morgan fingerprint density at radius 2 is 1.80 bits per heavy atom. The number of carbonyl (C=O) groups excluding carboxylic acids is 1. The third-order valence-corrected chi connectivity index (χ3v) is 6.56. The lowest BCUT2D eigenvalue weighted by Gasteiger charge is -2.32. The fraction of sp³-hybridized carbons (Fsp3) is 0.385. The van der Waals surface area contributed by atoms with Gasteiger partial charge in [-0.2, -0.15) is 0 Å². The molecule has 1 aliphatic heterocycles. The monoisotopic (exact) mass is 484 g/mol. The van der Waals surface area contributed by atoms with Gasteiger partial charge in [0.15, 0.2) is 11.6 Å². The van der Waals surface area contributed by atoms with Crippen molar-refractivity contribution in [1.29, 1.82) is 0 Å². The average Bonchev–Trinajstić information content (AvgIpc) is 2.84. The second kappa shape index (κ2) is 11.1. The van der Waals surface area contributed by atoms with E-state index in [9.17, 15) is 18.4 Å². The Hall–Kier alpha value is -3.14. The van der Waals surface area contributed by atoms with Crippen molar-refractivity contribution in [2.75, 3.05) is 26.7 Å². The molecule has 0 saturated carbocycles. The Balaban J connectivity index is 1.39. The summed E-state index contributed by atoms with van der Waals surface area (Å²) in [6.07, 6.45) is 1.83. The number of hydrogen-bond acceptors (Lipinski definition) is 5. The number of fused-ring (bicyclic) bond motifs is 1. The van der Waals surface area contributed by atoms with Gasteiger partial charge in [0, 0.05) is 44.2 Å². The van der Waals surface area contributed by atoms with Crippen LogP contribution in [0, 0.1) is 11.6 Å². The highest BCUT2D eigenvalue weighted by Gasteiger charge is 2.20. The van der Waals surface area contributed by atoms with Gasteiger partial charge in [-0.05, 0) is 55.3 Å². The van der Waals surface area contributed by atoms with Crippen LogP contribution in [0.25, 0.3) is 10.9 Å². The summed E-state index contributed by atoms with van der Waals surface area (Å²) < 4.78 is 33.4. The number of nitrogens with zero attached hydrogens (tertiary/aromatic N) is 2. The predicted molar refractivity (Wildman–Crippen MR) is 130 cm³/mol. The third-order valence-electron chi connectivity index (χ3n) is 6.56. The quantitative estimate of drug-likeness (QED) is 0.488. The van der Waals surface area contributed by atoms with Gasteiger partial charge in [0.1, 0.15) is 0 Å². The molecule has 9 heteroatoms. The number of methoxy groups -OCH3 is 1. The van der Waals surface area contributed by atoms with Crippen molar-refractivity contribution in [3.8, 4) is 0 Å². The van der Waals surface area contributed by atoms with Gasteiger partial charge < -0.3 is 25.3 Å². The van der Waals surface area contributed by atoms with Gasteiger partial charge >= 0.3 is 0 Å². The van der Waals surface area contributed by atoms with E-state index in [4.69, 9.17) is 10.5 Å². The molecule has 1 aliphatic rings. The van der Waals surface area contributed by atoms with Crippen molar-refractivity contribution in [2.45, 2.75) is 38.6 Å². The predicted octanol–water partition coefficient (Wildman–Crippen LogP) is 2.78. The van der Waals surface area contributed by atoms with Crippen LogP contribution in [0.3, 0.4) is 0 Å². The van der Waals surface area contributed by atoms with Crippen molar-refractivity contribution < 1.29 is 18.3 Å². The van der Waals surface area contributed by atoms with Crippen LogP contribution in [-0.2, 0) is 24.4 Å². The van der Waals surface area contributed by atoms with Crippen LogP contribution in [0.5, 0.6) is 0 Å². The van der Waals surface area contributed by atoms with Gasteiger partial charge in [0.2, 0.25) is 5.91 Å². The molecule has 3 N–H and O–H groups in total. The molecule has 0 spiro atoms. The van der Waals surface area contributed by atoms with Crippen molar-refractivity contribution >= 4 is 16.8 Å². The smallest absolute Gasteiger partial charge is 0.251 e. The van der Waals surface area contributed by atoms with E-state index in [1.54, 1.807) is 17.7 Å². The van der Waals surface area contributed by atoms with Crippen LogP contribution in [0.15, 0.2) is 47.3 Å². The first-order chi connectivity index (χ1) is 16.9. The summed E-state index contributed by atoms with van der Waals surface area (Å²) >= 11 is 0. The van der Waals surface area contributed by atoms with Gasteiger partial charge in [-0.3, -0.25) is 9.59 Å². The minimum Gasteiger partial charge on any atom is -0.380 e. The average molecular weight is 485 g/mol. The second-order valence-electron chi connectivity index (χ2n) is 8.94. The summed E-state index contributed by atoms with van der Waals surface area (Å²) in [6, 6.07) is 11.1. The number of pyridine rings is 1. The zero-order valence-corrected chi connectivity index (χ0v) is 19.7. The molecule has 1 amide bonds. The molecule has 1 fully saturated rings. The topological polar surface area (TPSA) is 89.6 Å². The van der Waals surface area contributed by atoms with E-state index in [2.05, 4.69) is 10.2 Å². The summed E-state index contributed by atoms with van der Waals surface area (Å²) in [6.45, 7) is 3.77. The first-order valence-electron chi connectivity index (χ1n) is 11.7. The molecule has 7 nitrogen and oxygen atoms in total. The fourth-order valence-corrected chi connectivity index (χ4v) is 4.63. The SMILES string of the molecule is COCc1ccc2c(C(N)=O)cc(=O)n(CCN3CCC(NCc4ccc(F)c(F)c4)CC3)c2c1. The summed E-state index contributed by atoms with van der Waals surface area (Å²) in [5.41, 5.74) is 7.76. The Kier molecular flexibility index (Phi) is 7.90. The third kappa shape index (κ3) is 5.93. The highest BCUT2D eigenvalue weighted by atomic mass is 19.2. The molecule has 2 aromatic carbocycles. The number of piperidine rings is 1. The number of aromatic nitrogens is 1. The van der Waals surface area contributed by atoms with Gasteiger partial charge in [0.25, 0.3) is 5.56 Å². The largest absolute Gasteiger partial charge is 0.380 e. The summed E-state index contributed by atoms with van der Waals surface area (Å²) in [4.78, 5) is 27.1. The van der Waals surface area contributed by atoms with Crippen LogP contribution in [0.1, 0.15) is 34.3 Å². The molecule has 1 aromatic heterocycles. The van der Waals surface area contributed by atoms with Gasteiger partial charge in [-0.25, -0.2) is 8.78 Å². The maximum Gasteiger partial charge on any atom is 0.251 e. The van der Waals surface area contributed by atoms with Crippen LogP contribution in [0.4, 0.5) is 8.78 Å². The zero-order chi connectivity index (χ0) is 24.9. The minimum absolute atomic E-state index is 0.221. The van der Waals surface area contributed by atoms with Crippen molar-refractivity contribution in [3.63, 3.8) is 0 Å². The Labute approximate surface area is 202 Å². The van der Waals surface area contributed by atoms with Crippen molar-refractivity contribution in [1.82, 2.24) is 14.8 Å². The molecular formula is C26H30F2N4O3. The number of halogens is 2. The number of nitrogens with one attached hydrogen (secondary N) is 1. The normalized spacial score (nSPS) is 15.1. The molecule has 4 rings (SSSR count). The van der Waals surface area contributed by atoms with E-state index >= 15 is 0 Å². The molecule has 3 aromatic rings. The summed E-state index contributed by atoms with van der Waals surface area (Å²) in [7, 11) is 1.60. The number of likely N-dealkylation sites (tertiary alicyclic amines) is 1. The van der Waals surface area contributed by atoms with Gasteiger partial charge in [-0.15, -0.1) is 0 Å². The lowest BCUT2D eigenvalue weighted by Crippen LogP contribution is -2.43. The number of nitrogens with two attached hydrogens (primary N) is 1. The molecule has 35 heavy (non-hydrogen) atoms. The van der Waals surface area contributed by atoms with E-state index < -0.39 is 17.5 Å². The van der Waals surface area contributed by atoms with Crippen LogP contribution in [0.2, 0.25) is 0 Å². The highest BCUT2D eigenvalue weighted by Crippen LogP contribution is 2.20. The van der Waals surface area contributed by atoms with Crippen LogP contribution < -0.4 is 16.6 Å². The summed E-state index contributed by atoms with van der Waals surface area (Å²) in [5, 5.41) is 4.07. The first-order valence-corrected chi connectivity index (χ1v) is 11.7. The summed E-state index contributed by atoms with van der Waals surface area (Å²) in [5.74, 6) is -2.30. The van der Waals surface area contributed by atoms with Crippen LogP contribution in [-0.4, -0.2) is 48.2 Å². The lowest BCUT2D eigenvalue weighted by atomic mass is 10.0.